The van der Waals surface area contributed by atoms with E-state index in [1.807, 2.05) is 42.5 Å². The summed E-state index contributed by atoms with van der Waals surface area (Å²) < 4.78 is 6.09. The highest BCUT2D eigenvalue weighted by molar-refractivity contribution is 6.34. The van der Waals surface area contributed by atoms with Crippen molar-refractivity contribution in [2.24, 2.45) is 0 Å². The average Bonchev–Trinajstić information content (AvgIpc) is 3.52. The number of carbonyl (C=O) groups is 3. The van der Waals surface area contributed by atoms with Gasteiger partial charge in [0, 0.05) is 44.8 Å². The summed E-state index contributed by atoms with van der Waals surface area (Å²) in [5.41, 5.74) is 7.11. The van der Waals surface area contributed by atoms with E-state index in [-0.39, 0.29) is 24.0 Å². The molecule has 0 radical (unpaired) electrons. The van der Waals surface area contributed by atoms with Crippen LogP contribution >= 0.6 is 11.6 Å². The van der Waals surface area contributed by atoms with Gasteiger partial charge in [-0.3, -0.25) is 24.6 Å². The van der Waals surface area contributed by atoms with Crippen molar-refractivity contribution in [1.29, 1.82) is 0 Å². The van der Waals surface area contributed by atoms with Crippen LogP contribution in [0.15, 0.2) is 91.0 Å². The number of phenols is 1. The number of anilines is 1. The molecule has 3 heterocycles. The van der Waals surface area contributed by atoms with Gasteiger partial charge in [0.2, 0.25) is 11.8 Å². The molecule has 9 nitrogen and oxygen atoms in total. The average molecular weight is 747 g/mol. The van der Waals surface area contributed by atoms with E-state index in [4.69, 9.17) is 16.3 Å². The number of piperidine rings is 1. The van der Waals surface area contributed by atoms with Crippen molar-refractivity contribution in [1.82, 2.24) is 15.1 Å². The Morgan fingerprint density at radius 1 is 0.889 bits per heavy atom. The first-order chi connectivity index (χ1) is 26.3. The highest BCUT2D eigenvalue weighted by atomic mass is 35.5. The maximum Gasteiger partial charge on any atom is 0.256 e. The van der Waals surface area contributed by atoms with E-state index in [0.29, 0.717) is 30.2 Å². The number of aromatic hydroxyl groups is 1. The number of fused-ring (bicyclic) bond motifs is 1. The number of halogens is 1. The van der Waals surface area contributed by atoms with Gasteiger partial charge in [-0.1, -0.05) is 72.3 Å². The normalized spacial score (nSPS) is 17.8. The van der Waals surface area contributed by atoms with Crippen molar-refractivity contribution in [2.75, 3.05) is 44.2 Å². The van der Waals surface area contributed by atoms with Crippen LogP contribution in [0.4, 0.5) is 5.69 Å². The minimum absolute atomic E-state index is 0.225. The third-order valence-corrected chi connectivity index (χ3v) is 11.0. The predicted octanol–water partition coefficient (Wildman–Crippen LogP) is 7.35. The molecule has 10 heteroatoms. The van der Waals surface area contributed by atoms with Gasteiger partial charge in [-0.15, -0.1) is 0 Å². The number of piperazine rings is 1. The lowest BCUT2D eigenvalue weighted by Crippen LogP contribution is -2.52. The zero-order chi connectivity index (χ0) is 37.4. The molecule has 1 unspecified atom stereocenters. The Labute approximate surface area is 322 Å². The Bertz CT molecular complexity index is 1970. The number of hydrogen-bond acceptors (Lipinski definition) is 7. The van der Waals surface area contributed by atoms with E-state index >= 15 is 0 Å². The SMILES string of the molecule is O=C1CCC(N2Cc3cc(N4CCN(CCCCCOc5ccc(/C=C(/CCc6ccc(O)cc6)c6ccccc6)cc5)CC4)cc(Cl)c3C2=O)C(=O)N1. The van der Waals surface area contributed by atoms with E-state index in [0.717, 1.165) is 87.4 Å². The minimum Gasteiger partial charge on any atom is -0.508 e. The molecule has 54 heavy (non-hydrogen) atoms. The molecule has 4 aromatic rings. The van der Waals surface area contributed by atoms with Crippen LogP contribution in [0.2, 0.25) is 5.02 Å². The van der Waals surface area contributed by atoms with Crippen molar-refractivity contribution in [2.45, 2.75) is 57.5 Å². The molecule has 0 bridgehead atoms. The van der Waals surface area contributed by atoms with Gasteiger partial charge < -0.3 is 19.6 Å². The number of benzene rings is 4. The topological polar surface area (TPSA) is 102 Å². The number of unbranched alkanes of at least 4 members (excludes halogenated alkanes) is 2. The van der Waals surface area contributed by atoms with Crippen molar-refractivity contribution < 1.29 is 24.2 Å². The summed E-state index contributed by atoms with van der Waals surface area (Å²) in [6.07, 6.45) is 7.80. The van der Waals surface area contributed by atoms with Gasteiger partial charge in [0.05, 0.1) is 17.2 Å². The molecule has 3 aliphatic heterocycles. The Hall–Kier alpha value is -5.12. The number of allylic oxidation sites excluding steroid dienone is 1. The van der Waals surface area contributed by atoms with Crippen LogP contribution in [0.25, 0.3) is 11.6 Å². The van der Waals surface area contributed by atoms with Gasteiger partial charge in [-0.2, -0.15) is 0 Å². The summed E-state index contributed by atoms with van der Waals surface area (Å²) in [6, 6.07) is 29.5. The number of phenolic OH excluding ortho intramolecular Hbond substituents is 1. The second kappa shape index (κ2) is 17.3. The van der Waals surface area contributed by atoms with Gasteiger partial charge in [0.1, 0.15) is 17.5 Å². The molecule has 7 rings (SSSR count). The number of aryl methyl sites for hydroxylation is 1. The van der Waals surface area contributed by atoms with Crippen LogP contribution in [0.1, 0.15) is 71.1 Å². The molecule has 0 aliphatic carbocycles. The van der Waals surface area contributed by atoms with Gasteiger partial charge in [0.25, 0.3) is 5.91 Å². The van der Waals surface area contributed by atoms with Crippen LogP contribution in [0.5, 0.6) is 11.5 Å². The summed E-state index contributed by atoms with van der Waals surface area (Å²) >= 11 is 6.65. The van der Waals surface area contributed by atoms with Crippen molar-refractivity contribution >= 4 is 46.7 Å². The molecule has 0 saturated carbocycles. The zero-order valence-electron chi connectivity index (χ0n) is 30.5. The summed E-state index contributed by atoms with van der Waals surface area (Å²) in [4.78, 5) is 43.6. The van der Waals surface area contributed by atoms with Crippen LogP contribution in [-0.2, 0) is 22.6 Å². The van der Waals surface area contributed by atoms with Gasteiger partial charge in [-0.25, -0.2) is 0 Å². The van der Waals surface area contributed by atoms with E-state index in [1.54, 1.807) is 17.0 Å². The third-order valence-electron chi connectivity index (χ3n) is 10.7. The lowest BCUT2D eigenvalue weighted by Gasteiger charge is -2.36. The van der Waals surface area contributed by atoms with Crippen LogP contribution in [0, 0.1) is 0 Å². The standard InChI is InChI=1S/C44H47ClN4O5/c45-39-29-36(28-35-30-49(44(53)42(35)39)40-19-20-41(51)46-43(40)52)48-24-22-47(23-25-48)21-5-2-6-26-54-38-17-12-32(13-18-38)27-34(33-7-3-1-4-8-33)14-9-31-10-15-37(50)16-11-31/h1,3-4,7-8,10-13,15-18,27-29,40,50H,2,5-6,9,14,19-26,30H2,(H,46,51,52)/b34-27-. The van der Waals surface area contributed by atoms with Crippen LogP contribution < -0.4 is 15.0 Å². The molecule has 3 amide bonds. The number of ether oxygens (including phenoxy) is 1. The number of amides is 3. The van der Waals surface area contributed by atoms with Crippen molar-refractivity contribution in [3.05, 3.63) is 124 Å². The first-order valence-corrected chi connectivity index (χ1v) is 19.4. The molecule has 4 aromatic carbocycles. The van der Waals surface area contributed by atoms with Gasteiger partial charge >= 0.3 is 0 Å². The lowest BCUT2D eigenvalue weighted by atomic mass is 9.96. The second-order valence-corrected chi connectivity index (χ2v) is 14.8. The maximum atomic E-state index is 13.2. The molecule has 2 N–H and O–H groups in total. The largest absolute Gasteiger partial charge is 0.508 e. The zero-order valence-corrected chi connectivity index (χ0v) is 31.3. The van der Waals surface area contributed by atoms with Gasteiger partial charge in [0.15, 0.2) is 0 Å². The lowest BCUT2D eigenvalue weighted by molar-refractivity contribution is -0.136. The number of rotatable bonds is 14. The second-order valence-electron chi connectivity index (χ2n) is 14.4. The molecule has 2 fully saturated rings. The quantitative estimate of drug-likeness (QED) is 0.0791. The molecule has 3 aliphatic rings. The summed E-state index contributed by atoms with van der Waals surface area (Å²) in [5.74, 6) is 0.211. The predicted molar refractivity (Wildman–Crippen MR) is 213 cm³/mol. The van der Waals surface area contributed by atoms with Crippen LogP contribution in [0.3, 0.4) is 0 Å². The summed E-state index contributed by atoms with van der Waals surface area (Å²) in [6.45, 7) is 5.71. The summed E-state index contributed by atoms with van der Waals surface area (Å²) in [7, 11) is 0. The van der Waals surface area contributed by atoms with Crippen molar-refractivity contribution in [3.63, 3.8) is 0 Å². The number of carbonyl (C=O) groups excluding carboxylic acids is 3. The van der Waals surface area contributed by atoms with Crippen molar-refractivity contribution in [3.8, 4) is 11.5 Å². The summed E-state index contributed by atoms with van der Waals surface area (Å²) in [5, 5.41) is 12.4. The highest BCUT2D eigenvalue weighted by Crippen LogP contribution is 2.36. The molecule has 2 saturated heterocycles. The first-order valence-electron chi connectivity index (χ1n) is 19.0. The van der Waals surface area contributed by atoms with Gasteiger partial charge in [-0.05, 0) is 109 Å². The Morgan fingerprint density at radius 2 is 1.65 bits per heavy atom. The fourth-order valence-corrected chi connectivity index (χ4v) is 7.93. The van der Waals surface area contributed by atoms with Crippen LogP contribution in [-0.4, -0.2) is 78.0 Å². The first kappa shape index (κ1) is 37.2. The van der Waals surface area contributed by atoms with E-state index in [1.165, 1.54) is 16.7 Å². The molecule has 0 aromatic heterocycles. The number of imide groups is 1. The Kier molecular flexibility index (Phi) is 12.0. The molecule has 0 spiro atoms. The fraction of sp³-hybridized carbons (Fsp3) is 0.341. The number of hydrogen-bond donors (Lipinski definition) is 2. The maximum absolute atomic E-state index is 13.2. The molecule has 280 valence electrons. The molecular weight excluding hydrogens is 700 g/mol. The highest BCUT2D eigenvalue weighted by Gasteiger charge is 2.40. The van der Waals surface area contributed by atoms with E-state index < -0.39 is 11.9 Å². The smallest absolute Gasteiger partial charge is 0.256 e. The number of nitrogens with zero attached hydrogens (tertiary/aromatic N) is 3. The van der Waals surface area contributed by atoms with E-state index in [2.05, 4.69) is 57.6 Å². The molecule has 1 atom stereocenters. The molecular formula is C44H47ClN4O5. The fourth-order valence-electron chi connectivity index (χ4n) is 7.61. The Balaban J connectivity index is 0.824. The Morgan fingerprint density at radius 3 is 2.39 bits per heavy atom. The monoisotopic (exact) mass is 746 g/mol. The number of nitrogens with one attached hydrogen (secondary N) is 1. The van der Waals surface area contributed by atoms with E-state index in [9.17, 15) is 19.5 Å². The third kappa shape index (κ3) is 9.14. The minimum atomic E-state index is -0.652.